The first-order valence-electron chi connectivity index (χ1n) is 12.1. The molecule has 0 bridgehead atoms. The summed E-state index contributed by atoms with van der Waals surface area (Å²) >= 11 is 5.81. The first-order chi connectivity index (χ1) is 17.8. The Morgan fingerprint density at radius 1 is 0.444 bits per heavy atom. The second-order valence-electron chi connectivity index (χ2n) is 9.04. The van der Waals surface area contributed by atoms with Gasteiger partial charge in [-0.1, -0.05) is 121 Å². The Morgan fingerprint density at radius 3 is 1.75 bits per heavy atom. The lowest BCUT2D eigenvalue weighted by Crippen LogP contribution is -1.90. The van der Waals surface area contributed by atoms with Gasteiger partial charge in [0.25, 0.3) is 0 Å². The first kappa shape index (κ1) is 21.6. The molecule has 0 spiro atoms. The summed E-state index contributed by atoms with van der Waals surface area (Å²) in [6, 6.07) is 46.0. The maximum Gasteiger partial charge on any atom is 0.0789 e. The van der Waals surface area contributed by atoms with Gasteiger partial charge >= 0.3 is 0 Å². The normalized spacial score (nSPS) is 11.5. The largest absolute Gasteiger partial charge is 0.127 e. The van der Waals surface area contributed by atoms with Crippen LogP contribution in [-0.2, 0) is 0 Å². The van der Waals surface area contributed by atoms with Crippen LogP contribution >= 0.6 is 27.3 Å². The minimum absolute atomic E-state index is 1.17. The summed E-state index contributed by atoms with van der Waals surface area (Å²) in [4.78, 5) is 0. The fourth-order valence-electron chi connectivity index (χ4n) is 5.39. The third-order valence-electron chi connectivity index (χ3n) is 6.97. The second kappa shape index (κ2) is 8.74. The zero-order valence-electron chi connectivity index (χ0n) is 19.4. The molecule has 0 amide bonds. The number of hydrogen-bond donors (Lipinski definition) is 0. The number of rotatable bonds is 3. The minimum Gasteiger partial charge on any atom is -0.127 e. The van der Waals surface area contributed by atoms with Crippen LogP contribution in [0.15, 0.2) is 131 Å². The highest BCUT2D eigenvalue weighted by molar-refractivity contribution is 9.11. The topological polar surface area (TPSA) is 0 Å². The van der Waals surface area contributed by atoms with E-state index in [1.165, 1.54) is 68.8 Å². The molecule has 0 radical (unpaired) electrons. The molecule has 0 N–H and O–H groups in total. The SMILES string of the molecule is Brc1sc2c(-c3ccccc3)c(-c3ccc4ccccc4c3)c3ccccc3c2c1-c1ccccc1. The third-order valence-corrected chi connectivity index (χ3v) is 8.85. The molecule has 170 valence electrons. The van der Waals surface area contributed by atoms with Crippen LogP contribution in [0.5, 0.6) is 0 Å². The van der Waals surface area contributed by atoms with Gasteiger partial charge in [-0.05, 0) is 65.8 Å². The van der Waals surface area contributed by atoms with Crippen molar-refractivity contribution in [2.45, 2.75) is 0 Å². The Labute approximate surface area is 222 Å². The van der Waals surface area contributed by atoms with E-state index in [-0.39, 0.29) is 0 Å². The molecule has 0 saturated carbocycles. The van der Waals surface area contributed by atoms with Crippen LogP contribution in [0, 0.1) is 0 Å². The summed E-state index contributed by atoms with van der Waals surface area (Å²) in [7, 11) is 0. The van der Waals surface area contributed by atoms with Crippen LogP contribution in [0.25, 0.3) is 65.0 Å². The summed E-state index contributed by atoms with van der Waals surface area (Å²) in [6.45, 7) is 0. The van der Waals surface area contributed by atoms with E-state index in [0.29, 0.717) is 0 Å². The van der Waals surface area contributed by atoms with Crippen molar-refractivity contribution in [3.05, 3.63) is 131 Å². The number of thiophene rings is 1. The zero-order valence-corrected chi connectivity index (χ0v) is 21.8. The van der Waals surface area contributed by atoms with Crippen LogP contribution in [0.1, 0.15) is 0 Å². The van der Waals surface area contributed by atoms with Crippen molar-refractivity contribution in [1.82, 2.24) is 0 Å². The predicted molar refractivity (Wildman–Crippen MR) is 161 cm³/mol. The van der Waals surface area contributed by atoms with E-state index in [4.69, 9.17) is 0 Å². The Kier molecular flexibility index (Phi) is 5.23. The smallest absolute Gasteiger partial charge is 0.0789 e. The maximum absolute atomic E-state index is 3.97. The average Bonchev–Trinajstić information content (AvgIpc) is 3.29. The molecule has 0 aliphatic heterocycles. The van der Waals surface area contributed by atoms with Gasteiger partial charge < -0.3 is 0 Å². The maximum atomic E-state index is 3.97. The zero-order chi connectivity index (χ0) is 24.1. The van der Waals surface area contributed by atoms with E-state index < -0.39 is 0 Å². The molecule has 0 aliphatic rings. The van der Waals surface area contributed by atoms with E-state index >= 15 is 0 Å². The molecule has 0 nitrogen and oxygen atoms in total. The molecule has 0 saturated heterocycles. The van der Waals surface area contributed by atoms with Crippen LogP contribution in [-0.4, -0.2) is 0 Å². The van der Waals surface area contributed by atoms with E-state index in [0.717, 1.165) is 0 Å². The second-order valence-corrected chi connectivity index (χ2v) is 11.4. The van der Waals surface area contributed by atoms with Gasteiger partial charge in [-0.25, -0.2) is 0 Å². The highest BCUT2D eigenvalue weighted by Gasteiger charge is 2.23. The molecular weight excluding hydrogens is 520 g/mol. The lowest BCUT2D eigenvalue weighted by atomic mass is 9.86. The van der Waals surface area contributed by atoms with Gasteiger partial charge in [-0.2, -0.15) is 0 Å². The van der Waals surface area contributed by atoms with Gasteiger partial charge in [0.1, 0.15) is 0 Å². The fourth-order valence-corrected chi connectivity index (χ4v) is 7.44. The molecule has 0 aliphatic carbocycles. The van der Waals surface area contributed by atoms with E-state index in [1.807, 2.05) is 11.3 Å². The monoisotopic (exact) mass is 540 g/mol. The first-order valence-corrected chi connectivity index (χ1v) is 13.7. The van der Waals surface area contributed by atoms with Crippen LogP contribution in [0.2, 0.25) is 0 Å². The molecule has 0 unspecified atom stereocenters. The highest BCUT2D eigenvalue weighted by Crippen LogP contribution is 2.53. The Balaban J connectivity index is 1.69. The summed E-state index contributed by atoms with van der Waals surface area (Å²) in [5.41, 5.74) is 7.59. The van der Waals surface area contributed by atoms with Crippen molar-refractivity contribution >= 4 is 58.9 Å². The van der Waals surface area contributed by atoms with Crippen LogP contribution in [0.4, 0.5) is 0 Å². The van der Waals surface area contributed by atoms with Crippen molar-refractivity contribution in [3.8, 4) is 33.4 Å². The van der Waals surface area contributed by atoms with Crippen molar-refractivity contribution in [1.29, 1.82) is 0 Å². The lowest BCUT2D eigenvalue weighted by molar-refractivity contribution is 1.65. The molecular formula is C34H21BrS. The van der Waals surface area contributed by atoms with Gasteiger partial charge in [-0.15, -0.1) is 11.3 Å². The highest BCUT2D eigenvalue weighted by atomic mass is 79.9. The van der Waals surface area contributed by atoms with Crippen molar-refractivity contribution in [2.24, 2.45) is 0 Å². The van der Waals surface area contributed by atoms with Gasteiger partial charge in [0.2, 0.25) is 0 Å². The summed E-state index contributed by atoms with van der Waals surface area (Å²) in [5, 5.41) is 6.41. The number of fused-ring (bicyclic) bond motifs is 4. The third kappa shape index (κ3) is 3.41. The number of halogens is 1. The summed E-state index contributed by atoms with van der Waals surface area (Å²) < 4.78 is 2.48. The summed E-state index contributed by atoms with van der Waals surface area (Å²) in [5.74, 6) is 0. The lowest BCUT2D eigenvalue weighted by Gasteiger charge is -2.17. The molecule has 7 aromatic rings. The summed E-state index contributed by atoms with van der Waals surface area (Å²) in [6.07, 6.45) is 0. The van der Waals surface area contributed by atoms with Crippen LogP contribution in [0.3, 0.4) is 0 Å². The molecule has 0 fully saturated rings. The molecule has 6 aromatic carbocycles. The molecule has 1 aromatic heterocycles. The van der Waals surface area contributed by atoms with E-state index in [2.05, 4.69) is 143 Å². The molecule has 2 heteroatoms. The molecule has 7 rings (SSSR count). The van der Waals surface area contributed by atoms with Crippen molar-refractivity contribution in [3.63, 3.8) is 0 Å². The Bertz CT molecular complexity index is 1880. The fraction of sp³-hybridized carbons (Fsp3) is 0. The van der Waals surface area contributed by atoms with Crippen LogP contribution < -0.4 is 0 Å². The minimum atomic E-state index is 1.17. The average molecular weight is 542 g/mol. The van der Waals surface area contributed by atoms with E-state index in [9.17, 15) is 0 Å². The van der Waals surface area contributed by atoms with Gasteiger partial charge in [0.15, 0.2) is 0 Å². The van der Waals surface area contributed by atoms with Crippen molar-refractivity contribution < 1.29 is 0 Å². The Morgan fingerprint density at radius 2 is 1.03 bits per heavy atom. The molecule has 0 atom stereocenters. The number of hydrogen-bond acceptors (Lipinski definition) is 1. The molecule has 36 heavy (non-hydrogen) atoms. The predicted octanol–water partition coefficient (Wildman–Crippen LogP) is 11.0. The Hall–Kier alpha value is -3.72. The molecule has 1 heterocycles. The van der Waals surface area contributed by atoms with Gasteiger partial charge in [-0.3, -0.25) is 0 Å². The van der Waals surface area contributed by atoms with Gasteiger partial charge in [0.05, 0.1) is 3.79 Å². The van der Waals surface area contributed by atoms with Gasteiger partial charge in [0, 0.05) is 21.2 Å². The quantitative estimate of drug-likeness (QED) is 0.209. The number of benzene rings is 6. The standard InChI is InChI=1S/C34H21BrS/c35-34-31(24-14-5-2-6-15-24)32-28-18-10-9-17-27(28)29(26-20-19-22-11-7-8-16-25(22)21-26)30(33(32)36-34)23-12-3-1-4-13-23/h1-21H. The van der Waals surface area contributed by atoms with Crippen molar-refractivity contribution in [2.75, 3.05) is 0 Å². The van der Waals surface area contributed by atoms with E-state index in [1.54, 1.807) is 0 Å².